The fourth-order valence-electron chi connectivity index (χ4n) is 2.32. The van der Waals surface area contributed by atoms with E-state index in [1.807, 2.05) is 32.0 Å². The highest BCUT2D eigenvalue weighted by atomic mass is 35.5. The summed E-state index contributed by atoms with van der Waals surface area (Å²) in [6, 6.07) is 11.4. The summed E-state index contributed by atoms with van der Waals surface area (Å²) in [7, 11) is 0. The van der Waals surface area contributed by atoms with Crippen molar-refractivity contribution in [3.63, 3.8) is 0 Å². The highest BCUT2D eigenvalue weighted by Crippen LogP contribution is 2.24. The quantitative estimate of drug-likeness (QED) is 0.683. The van der Waals surface area contributed by atoms with Gasteiger partial charge >= 0.3 is 0 Å². The Morgan fingerprint density at radius 1 is 1.09 bits per heavy atom. The first-order chi connectivity index (χ1) is 11.0. The van der Waals surface area contributed by atoms with Crippen LogP contribution in [0, 0.1) is 20.8 Å². The smallest absolute Gasteiger partial charge is 0.264 e. The number of benzene rings is 2. The molecule has 0 N–H and O–H groups in total. The van der Waals surface area contributed by atoms with Crippen molar-refractivity contribution in [2.45, 2.75) is 27.4 Å². The van der Waals surface area contributed by atoms with Crippen molar-refractivity contribution in [1.82, 2.24) is 10.1 Å². The van der Waals surface area contributed by atoms with Gasteiger partial charge in [0.05, 0.1) is 0 Å². The van der Waals surface area contributed by atoms with E-state index < -0.39 is 0 Å². The molecule has 0 radical (unpaired) electrons. The van der Waals surface area contributed by atoms with E-state index in [1.165, 1.54) is 5.56 Å². The largest absolute Gasteiger partial charge is 0.483 e. The lowest BCUT2D eigenvalue weighted by molar-refractivity contribution is 0.241. The topological polar surface area (TPSA) is 48.2 Å². The van der Waals surface area contributed by atoms with Gasteiger partial charge in [-0.05, 0) is 67.8 Å². The van der Waals surface area contributed by atoms with Gasteiger partial charge in [-0.25, -0.2) is 0 Å². The number of aryl methyl sites for hydroxylation is 2. The van der Waals surface area contributed by atoms with Gasteiger partial charge in [0.1, 0.15) is 5.75 Å². The molecule has 0 spiro atoms. The van der Waals surface area contributed by atoms with Crippen molar-refractivity contribution in [3.8, 4) is 17.1 Å². The summed E-state index contributed by atoms with van der Waals surface area (Å²) in [5.74, 6) is 1.81. The Hall–Kier alpha value is -2.33. The Morgan fingerprint density at radius 3 is 2.57 bits per heavy atom. The molecule has 0 atom stereocenters. The predicted octanol–water partition coefficient (Wildman–Crippen LogP) is 4.89. The zero-order valence-corrected chi connectivity index (χ0v) is 14.0. The van der Waals surface area contributed by atoms with E-state index in [0.717, 1.165) is 22.4 Å². The number of rotatable bonds is 4. The van der Waals surface area contributed by atoms with Crippen LogP contribution in [0.25, 0.3) is 11.4 Å². The summed E-state index contributed by atoms with van der Waals surface area (Å²) in [6.07, 6.45) is 0. The Morgan fingerprint density at radius 2 is 1.83 bits per heavy atom. The van der Waals surface area contributed by atoms with Crippen LogP contribution in [-0.4, -0.2) is 10.1 Å². The summed E-state index contributed by atoms with van der Waals surface area (Å²) < 4.78 is 11.1. The van der Waals surface area contributed by atoms with Crippen molar-refractivity contribution in [1.29, 1.82) is 0 Å². The molecule has 0 unspecified atom stereocenters. The minimum atomic E-state index is 0.240. The first-order valence-electron chi connectivity index (χ1n) is 7.32. The Labute approximate surface area is 140 Å². The molecule has 23 heavy (non-hydrogen) atoms. The second kappa shape index (κ2) is 6.42. The summed E-state index contributed by atoms with van der Waals surface area (Å²) in [4.78, 5) is 4.35. The summed E-state index contributed by atoms with van der Waals surface area (Å²) >= 11 is 5.88. The van der Waals surface area contributed by atoms with Gasteiger partial charge < -0.3 is 9.26 Å². The lowest BCUT2D eigenvalue weighted by Gasteiger charge is -2.10. The van der Waals surface area contributed by atoms with Crippen LogP contribution in [-0.2, 0) is 6.61 Å². The lowest BCUT2D eigenvalue weighted by Crippen LogP contribution is -1.99. The third-order valence-corrected chi connectivity index (χ3v) is 3.94. The molecule has 0 aliphatic heterocycles. The van der Waals surface area contributed by atoms with Gasteiger partial charge in [0.2, 0.25) is 5.82 Å². The predicted molar refractivity (Wildman–Crippen MR) is 89.7 cm³/mol. The summed E-state index contributed by atoms with van der Waals surface area (Å²) in [5, 5.41) is 4.65. The van der Waals surface area contributed by atoms with Crippen LogP contribution in [0.3, 0.4) is 0 Å². The molecular weight excluding hydrogens is 312 g/mol. The van der Waals surface area contributed by atoms with Crippen molar-refractivity contribution in [3.05, 3.63) is 64.0 Å². The number of hydrogen-bond donors (Lipinski definition) is 0. The first kappa shape index (κ1) is 15.6. The molecule has 4 nitrogen and oxygen atoms in total. The summed E-state index contributed by atoms with van der Waals surface area (Å²) in [6.45, 7) is 6.40. The maximum Gasteiger partial charge on any atom is 0.264 e. The molecular formula is C18H17ClN2O2. The molecule has 3 aromatic rings. The van der Waals surface area contributed by atoms with Crippen LogP contribution in [0.1, 0.15) is 22.6 Å². The molecule has 118 valence electrons. The number of hydrogen-bond acceptors (Lipinski definition) is 4. The molecule has 0 saturated carbocycles. The second-order valence-corrected chi connectivity index (χ2v) is 5.95. The van der Waals surface area contributed by atoms with E-state index in [-0.39, 0.29) is 6.61 Å². The van der Waals surface area contributed by atoms with E-state index in [1.54, 1.807) is 12.1 Å². The van der Waals surface area contributed by atoms with Gasteiger partial charge in [0.25, 0.3) is 5.89 Å². The molecule has 0 saturated heterocycles. The Bertz CT molecular complexity index is 826. The van der Waals surface area contributed by atoms with Gasteiger partial charge in [-0.2, -0.15) is 4.98 Å². The van der Waals surface area contributed by atoms with Gasteiger partial charge in [-0.1, -0.05) is 22.8 Å². The first-order valence-corrected chi connectivity index (χ1v) is 7.70. The Kier molecular flexibility index (Phi) is 4.35. The molecule has 3 rings (SSSR count). The SMILES string of the molecule is Cc1cc(C)c(C)c(OCc2nc(-c3ccc(Cl)cc3)no2)c1. The van der Waals surface area contributed by atoms with E-state index in [4.69, 9.17) is 20.9 Å². The zero-order chi connectivity index (χ0) is 16.4. The highest BCUT2D eigenvalue weighted by Gasteiger charge is 2.11. The van der Waals surface area contributed by atoms with E-state index in [2.05, 4.69) is 23.1 Å². The van der Waals surface area contributed by atoms with Gasteiger partial charge in [0, 0.05) is 10.6 Å². The van der Waals surface area contributed by atoms with Crippen LogP contribution in [0.2, 0.25) is 5.02 Å². The second-order valence-electron chi connectivity index (χ2n) is 5.51. The monoisotopic (exact) mass is 328 g/mol. The summed E-state index contributed by atoms with van der Waals surface area (Å²) in [5.41, 5.74) is 4.34. The van der Waals surface area contributed by atoms with Crippen molar-refractivity contribution in [2.24, 2.45) is 0 Å². The van der Waals surface area contributed by atoms with Crippen LogP contribution < -0.4 is 4.74 Å². The molecule has 1 heterocycles. The molecule has 0 bridgehead atoms. The molecule has 0 fully saturated rings. The fraction of sp³-hybridized carbons (Fsp3) is 0.222. The average molecular weight is 329 g/mol. The molecule has 2 aromatic carbocycles. The van der Waals surface area contributed by atoms with Gasteiger partial charge in [-0.15, -0.1) is 0 Å². The third-order valence-electron chi connectivity index (χ3n) is 3.69. The molecule has 5 heteroatoms. The van der Waals surface area contributed by atoms with Gasteiger partial charge in [-0.3, -0.25) is 0 Å². The number of halogens is 1. The van der Waals surface area contributed by atoms with E-state index in [0.29, 0.717) is 16.7 Å². The Balaban J connectivity index is 1.74. The molecule has 0 aliphatic rings. The van der Waals surface area contributed by atoms with Crippen LogP contribution in [0.4, 0.5) is 0 Å². The van der Waals surface area contributed by atoms with Crippen LogP contribution in [0.5, 0.6) is 5.75 Å². The minimum Gasteiger partial charge on any atom is -0.483 e. The van der Waals surface area contributed by atoms with Crippen molar-refractivity contribution < 1.29 is 9.26 Å². The molecule has 0 amide bonds. The molecule has 0 aliphatic carbocycles. The minimum absolute atomic E-state index is 0.240. The average Bonchev–Trinajstić information content (AvgIpc) is 2.99. The van der Waals surface area contributed by atoms with Crippen LogP contribution in [0.15, 0.2) is 40.9 Å². The highest BCUT2D eigenvalue weighted by molar-refractivity contribution is 6.30. The maximum absolute atomic E-state index is 5.88. The van der Waals surface area contributed by atoms with Crippen LogP contribution >= 0.6 is 11.6 Å². The van der Waals surface area contributed by atoms with Crippen molar-refractivity contribution in [2.75, 3.05) is 0 Å². The normalized spacial score (nSPS) is 10.8. The fourth-order valence-corrected chi connectivity index (χ4v) is 2.45. The molecule has 1 aromatic heterocycles. The van der Waals surface area contributed by atoms with E-state index in [9.17, 15) is 0 Å². The third kappa shape index (κ3) is 3.54. The maximum atomic E-state index is 5.88. The lowest BCUT2D eigenvalue weighted by atomic mass is 10.1. The number of nitrogens with zero attached hydrogens (tertiary/aromatic N) is 2. The number of ether oxygens (including phenoxy) is 1. The van der Waals surface area contributed by atoms with Gasteiger partial charge in [0.15, 0.2) is 6.61 Å². The number of aromatic nitrogens is 2. The standard InChI is InChI=1S/C18H17ClN2O2/c1-11-8-12(2)13(3)16(9-11)22-10-17-20-18(21-23-17)14-4-6-15(19)7-5-14/h4-9H,10H2,1-3H3. The van der Waals surface area contributed by atoms with Crippen molar-refractivity contribution >= 4 is 11.6 Å². The zero-order valence-electron chi connectivity index (χ0n) is 13.3. The van der Waals surface area contributed by atoms with E-state index >= 15 is 0 Å².